The summed E-state index contributed by atoms with van der Waals surface area (Å²) in [5, 5.41) is 23.8. The molecule has 0 amide bonds. The third kappa shape index (κ3) is 4.63. The van der Waals surface area contributed by atoms with Crippen LogP contribution in [0.5, 0.6) is 0 Å². The Bertz CT molecular complexity index is 423. The summed E-state index contributed by atoms with van der Waals surface area (Å²) < 4.78 is 0. The molecule has 0 bridgehead atoms. The molecule has 24 heavy (non-hydrogen) atoms. The van der Waals surface area contributed by atoms with Crippen LogP contribution in [0.25, 0.3) is 0 Å². The van der Waals surface area contributed by atoms with E-state index in [1.807, 2.05) is 55.4 Å². The molecule has 140 valence electrons. The molecule has 0 spiro atoms. The number of Topliss-reactive ketones (excluding diaryl/α,β-unsaturated/α-hetero) is 2. The maximum atomic E-state index is 11.7. The second-order valence-corrected chi connectivity index (χ2v) is 9.64. The number of hydrogen-bond acceptors (Lipinski definition) is 6. The average molecular weight is 341 g/mol. The van der Waals surface area contributed by atoms with Crippen molar-refractivity contribution in [3.63, 3.8) is 0 Å². The summed E-state index contributed by atoms with van der Waals surface area (Å²) in [5.41, 5.74) is -1.89. The normalized spacial score (nSPS) is 28.9. The van der Waals surface area contributed by atoms with Crippen LogP contribution >= 0.6 is 0 Å². The van der Waals surface area contributed by atoms with Gasteiger partial charge in [0, 0.05) is 47.8 Å². The number of hydrogen-bond donors (Lipinski definition) is 1. The van der Waals surface area contributed by atoms with Gasteiger partial charge in [0.1, 0.15) is 11.6 Å². The minimum Gasteiger partial charge on any atom is -0.784 e. The quantitative estimate of drug-likeness (QED) is 0.728. The molecule has 0 aromatic rings. The van der Waals surface area contributed by atoms with Crippen molar-refractivity contribution in [2.45, 2.75) is 103 Å². The molecule has 0 aromatic carbocycles. The highest BCUT2D eigenvalue weighted by Crippen LogP contribution is 2.35. The molecule has 0 atom stereocenters. The average Bonchev–Trinajstić information content (AvgIpc) is 2.31. The summed E-state index contributed by atoms with van der Waals surface area (Å²) in [6.07, 6.45) is 1.62. The lowest BCUT2D eigenvalue weighted by Crippen LogP contribution is -2.59. The fraction of sp³-hybridized carbons (Fsp3) is 0.889. The number of ketones is 2. The van der Waals surface area contributed by atoms with Crippen LogP contribution in [0.1, 0.15) is 81.1 Å². The van der Waals surface area contributed by atoms with Crippen molar-refractivity contribution in [2.75, 3.05) is 0 Å². The van der Waals surface area contributed by atoms with Crippen LogP contribution in [0.15, 0.2) is 0 Å². The van der Waals surface area contributed by atoms with Crippen molar-refractivity contribution in [1.29, 1.82) is 0 Å². The fourth-order valence-corrected chi connectivity index (χ4v) is 3.99. The lowest BCUT2D eigenvalue weighted by Gasteiger charge is -2.57. The van der Waals surface area contributed by atoms with Crippen molar-refractivity contribution >= 4 is 11.6 Å². The molecule has 2 rings (SSSR count). The van der Waals surface area contributed by atoms with Gasteiger partial charge in [-0.15, -0.1) is 0 Å². The zero-order valence-corrected chi connectivity index (χ0v) is 16.4. The summed E-state index contributed by atoms with van der Waals surface area (Å²) >= 11 is 0. The van der Waals surface area contributed by atoms with Gasteiger partial charge in [-0.3, -0.25) is 9.59 Å². The molecule has 6 heteroatoms. The van der Waals surface area contributed by atoms with Gasteiger partial charge in [0.2, 0.25) is 0 Å². The highest BCUT2D eigenvalue weighted by Gasteiger charge is 2.44. The van der Waals surface area contributed by atoms with Crippen LogP contribution in [0.3, 0.4) is 0 Å². The van der Waals surface area contributed by atoms with Crippen molar-refractivity contribution in [1.82, 2.24) is 10.1 Å². The Labute approximate surface area is 145 Å². The standard InChI is InChI=1S/C9H17NO2.C9H16NO2/c2*1-8(2)5-7(11)6-9(3,4)10(8)12/h12H,5-6H2,1-4H3;5-6H2,1-4H3/q;-1. The smallest absolute Gasteiger partial charge is 0.136 e. The molecule has 0 radical (unpaired) electrons. The van der Waals surface area contributed by atoms with E-state index in [1.54, 1.807) is 0 Å². The summed E-state index contributed by atoms with van der Waals surface area (Å²) in [5.74, 6) is 0.424. The summed E-state index contributed by atoms with van der Waals surface area (Å²) in [4.78, 5) is 22.6. The van der Waals surface area contributed by atoms with Crippen molar-refractivity contribution < 1.29 is 14.8 Å². The summed E-state index contributed by atoms with van der Waals surface area (Å²) in [7, 11) is 0. The number of carbonyl (C=O) groups excluding carboxylic acids is 2. The molecule has 6 nitrogen and oxygen atoms in total. The minimum atomic E-state index is -0.529. The molecule has 2 heterocycles. The van der Waals surface area contributed by atoms with E-state index in [1.165, 1.54) is 5.06 Å². The van der Waals surface area contributed by atoms with Gasteiger partial charge in [-0.1, -0.05) is 0 Å². The van der Waals surface area contributed by atoms with Gasteiger partial charge in [-0.2, -0.15) is 5.06 Å². The van der Waals surface area contributed by atoms with E-state index in [2.05, 4.69) is 0 Å². The first kappa shape index (κ1) is 21.2. The van der Waals surface area contributed by atoms with Gasteiger partial charge in [0.05, 0.1) is 0 Å². The number of nitrogens with zero attached hydrogens (tertiary/aromatic N) is 2. The Morgan fingerprint density at radius 1 is 0.708 bits per heavy atom. The first-order valence-corrected chi connectivity index (χ1v) is 8.51. The van der Waals surface area contributed by atoms with Gasteiger partial charge < -0.3 is 15.5 Å². The third-order valence-electron chi connectivity index (χ3n) is 4.77. The molecule has 0 saturated carbocycles. The summed E-state index contributed by atoms with van der Waals surface area (Å²) in [6.45, 7) is 14.8. The zero-order chi connectivity index (χ0) is 19.1. The van der Waals surface area contributed by atoms with Crippen LogP contribution in [0.4, 0.5) is 0 Å². The Balaban J connectivity index is 0.000000240. The SMILES string of the molecule is CC1(C)CC(=O)CC(C)(C)N1O.CC1(C)CC(=O)CC(C)(C)N1[O-]. The Morgan fingerprint density at radius 2 is 0.958 bits per heavy atom. The third-order valence-corrected chi connectivity index (χ3v) is 4.77. The van der Waals surface area contributed by atoms with E-state index in [0.29, 0.717) is 25.7 Å². The first-order valence-electron chi connectivity index (χ1n) is 8.51. The Morgan fingerprint density at radius 3 is 1.25 bits per heavy atom. The van der Waals surface area contributed by atoms with Gasteiger partial charge >= 0.3 is 0 Å². The molecular weight excluding hydrogens is 308 g/mol. The van der Waals surface area contributed by atoms with Crippen LogP contribution in [0.2, 0.25) is 0 Å². The molecule has 2 fully saturated rings. The maximum Gasteiger partial charge on any atom is 0.136 e. The number of rotatable bonds is 0. The molecule has 1 N–H and O–H groups in total. The molecule has 2 aliphatic heterocycles. The van der Waals surface area contributed by atoms with E-state index in [0.717, 1.165) is 5.06 Å². The number of piperidine rings is 2. The largest absolute Gasteiger partial charge is 0.784 e. The fourth-order valence-electron chi connectivity index (χ4n) is 3.99. The molecule has 0 aliphatic carbocycles. The second kappa shape index (κ2) is 6.48. The molecule has 0 aromatic heterocycles. The van der Waals surface area contributed by atoms with Gasteiger partial charge in [-0.25, -0.2) is 0 Å². The maximum absolute atomic E-state index is 11.7. The molecule has 0 unspecified atom stereocenters. The van der Waals surface area contributed by atoms with Crippen molar-refractivity contribution in [2.24, 2.45) is 0 Å². The number of carbonyl (C=O) groups is 2. The molecular formula is C18H33N2O4-. The van der Waals surface area contributed by atoms with Crippen LogP contribution in [-0.4, -0.2) is 49.1 Å². The van der Waals surface area contributed by atoms with Crippen LogP contribution in [0, 0.1) is 5.21 Å². The lowest BCUT2D eigenvalue weighted by atomic mass is 9.81. The van der Waals surface area contributed by atoms with Crippen molar-refractivity contribution in [3.05, 3.63) is 5.21 Å². The second-order valence-electron chi connectivity index (χ2n) is 9.64. The van der Waals surface area contributed by atoms with Gasteiger partial charge in [0.25, 0.3) is 0 Å². The Hall–Kier alpha value is -0.820. The van der Waals surface area contributed by atoms with Crippen LogP contribution < -0.4 is 0 Å². The highest BCUT2D eigenvalue weighted by atomic mass is 16.5. The topological polar surface area (TPSA) is 83.9 Å². The highest BCUT2D eigenvalue weighted by molar-refractivity contribution is 5.82. The summed E-state index contributed by atoms with van der Waals surface area (Å²) in [6, 6.07) is 0. The van der Waals surface area contributed by atoms with E-state index in [4.69, 9.17) is 0 Å². The predicted molar refractivity (Wildman–Crippen MR) is 93.6 cm³/mol. The van der Waals surface area contributed by atoms with Crippen molar-refractivity contribution in [3.8, 4) is 0 Å². The molecule has 2 aliphatic rings. The predicted octanol–water partition coefficient (Wildman–Crippen LogP) is 3.30. The van der Waals surface area contributed by atoms with Gasteiger partial charge in [-0.05, 0) is 55.4 Å². The number of hydroxylamine groups is 4. The van der Waals surface area contributed by atoms with E-state index in [-0.39, 0.29) is 11.6 Å². The zero-order valence-electron chi connectivity index (χ0n) is 16.4. The van der Waals surface area contributed by atoms with E-state index < -0.39 is 22.2 Å². The van der Waals surface area contributed by atoms with E-state index in [9.17, 15) is 20.0 Å². The van der Waals surface area contributed by atoms with E-state index >= 15 is 0 Å². The first-order chi connectivity index (χ1) is 10.5. The lowest BCUT2D eigenvalue weighted by molar-refractivity contribution is -0.236. The van der Waals surface area contributed by atoms with Crippen LogP contribution in [-0.2, 0) is 9.59 Å². The monoisotopic (exact) mass is 341 g/mol. The Kier molecular flexibility index (Phi) is 5.73. The minimum absolute atomic E-state index is 0.192. The molecule has 2 saturated heterocycles. The van der Waals surface area contributed by atoms with Gasteiger partial charge in [0.15, 0.2) is 0 Å².